The molecule has 0 fully saturated rings. The Kier molecular flexibility index (Phi) is 2.43. The predicted octanol–water partition coefficient (Wildman–Crippen LogP) is 2.52. The number of ketones is 1. The molecule has 3 rings (SSSR count). The molecule has 0 radical (unpaired) electrons. The third-order valence-corrected chi connectivity index (χ3v) is 3.67. The predicted molar refractivity (Wildman–Crippen MR) is 72.0 cm³/mol. The largest absolute Gasteiger partial charge is 0.504 e. The Bertz CT molecular complexity index is 760. The number of allylic oxidation sites excluding steroid dienone is 2. The van der Waals surface area contributed by atoms with Crippen LogP contribution in [0.2, 0.25) is 0 Å². The number of hydrogen-bond acceptors (Lipinski definition) is 4. The Morgan fingerprint density at radius 3 is 2.68 bits per heavy atom. The number of carbonyl (C=O) groups is 1. The molecule has 0 saturated heterocycles. The Morgan fingerprint density at radius 1 is 1.26 bits per heavy atom. The van der Waals surface area contributed by atoms with Crippen molar-refractivity contribution in [2.24, 2.45) is 0 Å². The van der Waals surface area contributed by atoms with Crippen molar-refractivity contribution in [3.05, 3.63) is 46.5 Å². The highest BCUT2D eigenvalue weighted by molar-refractivity contribution is 6.24. The van der Waals surface area contributed by atoms with Crippen LogP contribution in [0.5, 0.6) is 0 Å². The highest BCUT2D eigenvalue weighted by atomic mass is 16.3. The molecule has 0 aliphatic heterocycles. The van der Waals surface area contributed by atoms with E-state index in [-0.39, 0.29) is 18.1 Å². The van der Waals surface area contributed by atoms with Gasteiger partial charge < -0.3 is 10.2 Å². The maximum Gasteiger partial charge on any atom is 0.228 e. The SMILES string of the molecule is CC1=C(O)C(=O)c2c(C)ccc3c(CO)cnc1c23. The van der Waals surface area contributed by atoms with Crippen LogP contribution in [0.4, 0.5) is 0 Å². The van der Waals surface area contributed by atoms with Gasteiger partial charge in [0.15, 0.2) is 5.76 Å². The fourth-order valence-electron chi connectivity index (χ4n) is 2.60. The van der Waals surface area contributed by atoms with E-state index in [1.165, 1.54) is 0 Å². The van der Waals surface area contributed by atoms with Gasteiger partial charge in [0.1, 0.15) is 0 Å². The van der Waals surface area contributed by atoms with E-state index in [4.69, 9.17) is 0 Å². The second-order valence-electron chi connectivity index (χ2n) is 4.77. The lowest BCUT2D eigenvalue weighted by molar-refractivity contribution is 0.0979. The molecule has 2 aromatic rings. The average Bonchev–Trinajstić information content (AvgIpc) is 2.42. The molecule has 1 aromatic carbocycles. The number of aliphatic hydroxyl groups is 2. The van der Waals surface area contributed by atoms with Crippen LogP contribution in [0.15, 0.2) is 24.1 Å². The van der Waals surface area contributed by atoms with E-state index in [0.717, 1.165) is 16.3 Å². The van der Waals surface area contributed by atoms with Gasteiger partial charge in [-0.25, -0.2) is 0 Å². The van der Waals surface area contributed by atoms with E-state index < -0.39 is 0 Å². The molecule has 4 nitrogen and oxygen atoms in total. The maximum atomic E-state index is 12.2. The summed E-state index contributed by atoms with van der Waals surface area (Å²) in [5.74, 6) is -0.614. The van der Waals surface area contributed by atoms with Gasteiger partial charge in [-0.05, 0) is 24.8 Å². The van der Waals surface area contributed by atoms with Gasteiger partial charge in [-0.3, -0.25) is 9.78 Å². The molecule has 1 heterocycles. The quantitative estimate of drug-likeness (QED) is 0.821. The molecule has 0 unspecified atom stereocenters. The topological polar surface area (TPSA) is 70.4 Å². The van der Waals surface area contributed by atoms with Crippen LogP contribution < -0.4 is 0 Å². The molecule has 1 aromatic heterocycles. The Balaban J connectivity index is 2.57. The molecule has 0 atom stereocenters. The third kappa shape index (κ3) is 1.43. The number of benzene rings is 1. The molecule has 4 heteroatoms. The number of nitrogens with zero attached hydrogens (tertiary/aromatic N) is 1. The van der Waals surface area contributed by atoms with Crippen LogP contribution in [-0.2, 0) is 6.61 Å². The number of pyridine rings is 1. The third-order valence-electron chi connectivity index (χ3n) is 3.67. The zero-order chi connectivity index (χ0) is 13.7. The summed E-state index contributed by atoms with van der Waals surface area (Å²) >= 11 is 0. The minimum Gasteiger partial charge on any atom is -0.504 e. The number of Topliss-reactive ketones (excluding diaryl/α,β-unsaturated/α-hetero) is 1. The second kappa shape index (κ2) is 3.90. The van der Waals surface area contributed by atoms with Crippen molar-refractivity contribution in [2.75, 3.05) is 0 Å². The molecular weight excluding hydrogens is 242 g/mol. The van der Waals surface area contributed by atoms with Crippen LogP contribution in [-0.4, -0.2) is 21.0 Å². The van der Waals surface area contributed by atoms with Gasteiger partial charge in [0.05, 0.1) is 12.3 Å². The normalized spacial score (nSPS) is 14.4. The fraction of sp³-hybridized carbons (Fsp3) is 0.200. The van der Waals surface area contributed by atoms with Gasteiger partial charge in [-0.15, -0.1) is 0 Å². The van der Waals surface area contributed by atoms with Crippen LogP contribution in [0, 0.1) is 6.92 Å². The van der Waals surface area contributed by atoms with Crippen molar-refractivity contribution >= 4 is 22.1 Å². The number of rotatable bonds is 1. The number of aromatic nitrogens is 1. The summed E-state index contributed by atoms with van der Waals surface area (Å²) in [5.41, 5.74) is 3.07. The summed E-state index contributed by atoms with van der Waals surface area (Å²) in [4.78, 5) is 16.5. The summed E-state index contributed by atoms with van der Waals surface area (Å²) in [6, 6.07) is 3.71. The lowest BCUT2D eigenvalue weighted by atomic mass is 9.86. The van der Waals surface area contributed by atoms with Crippen molar-refractivity contribution in [2.45, 2.75) is 20.5 Å². The molecular formula is C15H13NO3. The standard InChI is InChI=1S/C15H13NO3/c1-7-3-4-10-9(6-17)5-16-13-8(2)14(18)15(19)11(7)12(10)13/h3-5,17-18H,6H2,1-2H3. The van der Waals surface area contributed by atoms with Crippen LogP contribution in [0.3, 0.4) is 0 Å². The Hall–Kier alpha value is -2.20. The summed E-state index contributed by atoms with van der Waals surface area (Å²) in [6.45, 7) is 3.38. The molecule has 0 amide bonds. The van der Waals surface area contributed by atoms with E-state index in [2.05, 4.69) is 4.98 Å². The van der Waals surface area contributed by atoms with Crippen LogP contribution in [0.1, 0.15) is 34.1 Å². The van der Waals surface area contributed by atoms with Crippen molar-refractivity contribution in [3.63, 3.8) is 0 Å². The minimum atomic E-state index is -0.370. The number of carbonyl (C=O) groups excluding carboxylic acids is 1. The van der Waals surface area contributed by atoms with E-state index in [9.17, 15) is 15.0 Å². The first-order chi connectivity index (χ1) is 9.06. The van der Waals surface area contributed by atoms with Gasteiger partial charge in [-0.1, -0.05) is 12.1 Å². The van der Waals surface area contributed by atoms with E-state index >= 15 is 0 Å². The second-order valence-corrected chi connectivity index (χ2v) is 4.77. The van der Waals surface area contributed by atoms with Gasteiger partial charge in [0.2, 0.25) is 5.78 Å². The smallest absolute Gasteiger partial charge is 0.228 e. The highest BCUT2D eigenvalue weighted by Gasteiger charge is 2.28. The van der Waals surface area contributed by atoms with Crippen LogP contribution in [0.25, 0.3) is 16.3 Å². The Labute approximate surface area is 110 Å². The summed E-state index contributed by atoms with van der Waals surface area (Å²) in [7, 11) is 0. The number of aryl methyl sites for hydroxylation is 1. The van der Waals surface area contributed by atoms with E-state index in [0.29, 0.717) is 22.4 Å². The summed E-state index contributed by atoms with van der Waals surface area (Å²) in [6.07, 6.45) is 1.59. The molecule has 2 N–H and O–H groups in total. The molecule has 0 saturated carbocycles. The number of aliphatic hydroxyl groups excluding tert-OH is 2. The lowest BCUT2D eigenvalue weighted by Gasteiger charge is -2.20. The number of hydrogen-bond donors (Lipinski definition) is 2. The van der Waals surface area contributed by atoms with Crippen LogP contribution >= 0.6 is 0 Å². The highest BCUT2D eigenvalue weighted by Crippen LogP contribution is 2.36. The van der Waals surface area contributed by atoms with Gasteiger partial charge in [0, 0.05) is 28.3 Å². The lowest BCUT2D eigenvalue weighted by Crippen LogP contribution is -2.14. The summed E-state index contributed by atoms with van der Waals surface area (Å²) in [5, 5.41) is 20.9. The minimum absolute atomic E-state index is 0.130. The van der Waals surface area contributed by atoms with Crippen molar-refractivity contribution < 1.29 is 15.0 Å². The molecule has 0 bridgehead atoms. The average molecular weight is 255 g/mol. The first-order valence-electron chi connectivity index (χ1n) is 6.03. The van der Waals surface area contributed by atoms with Gasteiger partial charge in [-0.2, -0.15) is 0 Å². The van der Waals surface area contributed by atoms with Crippen molar-refractivity contribution in [3.8, 4) is 0 Å². The molecule has 1 aliphatic carbocycles. The van der Waals surface area contributed by atoms with Gasteiger partial charge >= 0.3 is 0 Å². The van der Waals surface area contributed by atoms with E-state index in [1.54, 1.807) is 13.1 Å². The van der Waals surface area contributed by atoms with Crippen molar-refractivity contribution in [1.82, 2.24) is 4.98 Å². The van der Waals surface area contributed by atoms with Gasteiger partial charge in [0.25, 0.3) is 0 Å². The first kappa shape index (κ1) is 11.9. The molecule has 0 spiro atoms. The Morgan fingerprint density at radius 2 is 2.00 bits per heavy atom. The van der Waals surface area contributed by atoms with E-state index in [1.807, 2.05) is 19.1 Å². The molecule has 1 aliphatic rings. The monoisotopic (exact) mass is 255 g/mol. The van der Waals surface area contributed by atoms with Crippen molar-refractivity contribution in [1.29, 1.82) is 0 Å². The maximum absolute atomic E-state index is 12.2. The zero-order valence-electron chi connectivity index (χ0n) is 10.7. The zero-order valence-corrected chi connectivity index (χ0v) is 10.7. The molecule has 96 valence electrons. The summed E-state index contributed by atoms with van der Waals surface area (Å²) < 4.78 is 0. The first-order valence-corrected chi connectivity index (χ1v) is 6.03. The fourth-order valence-corrected chi connectivity index (χ4v) is 2.60. The molecule has 19 heavy (non-hydrogen) atoms.